The number of nitrogens with zero attached hydrogens (tertiary/aromatic N) is 2. The van der Waals surface area contributed by atoms with Gasteiger partial charge in [0.25, 0.3) is 5.09 Å². The van der Waals surface area contributed by atoms with Crippen LogP contribution in [0, 0.1) is 17.0 Å². The Morgan fingerprint density at radius 2 is 1.97 bits per heavy atom. The van der Waals surface area contributed by atoms with Crippen molar-refractivity contribution in [1.29, 1.82) is 0 Å². The Kier molecular flexibility index (Phi) is 6.99. The van der Waals surface area contributed by atoms with Crippen molar-refractivity contribution in [3.8, 4) is 0 Å². The summed E-state index contributed by atoms with van der Waals surface area (Å²) in [6.07, 6.45) is -4.10. The molecule has 1 N–H and O–H groups in total. The van der Waals surface area contributed by atoms with Crippen molar-refractivity contribution in [2.24, 2.45) is 0 Å². The highest BCUT2D eigenvalue weighted by molar-refractivity contribution is 6.30. The Balaban J connectivity index is 1.49. The molecule has 0 amide bonds. The van der Waals surface area contributed by atoms with Gasteiger partial charge in [-0.2, -0.15) is 0 Å². The lowest BCUT2D eigenvalue weighted by atomic mass is 9.91. The van der Waals surface area contributed by atoms with E-state index in [0.29, 0.717) is 16.3 Å². The van der Waals surface area contributed by atoms with Crippen molar-refractivity contribution in [3.05, 3.63) is 73.5 Å². The number of pyridine rings is 1. The summed E-state index contributed by atoms with van der Waals surface area (Å²) in [5.74, 6) is -1.89. The minimum atomic E-state index is -1.14. The number of esters is 1. The van der Waals surface area contributed by atoms with Crippen LogP contribution in [0.4, 0.5) is 0 Å². The predicted molar refractivity (Wildman–Crippen MR) is 123 cm³/mol. The summed E-state index contributed by atoms with van der Waals surface area (Å²) in [6.45, 7) is 1.88. The largest absolute Gasteiger partial charge is 0.481 e. The molecule has 2 aromatic rings. The lowest BCUT2D eigenvalue weighted by Crippen LogP contribution is -2.36. The number of aliphatic carboxylic acids is 1. The Morgan fingerprint density at radius 3 is 2.68 bits per heavy atom. The maximum absolute atomic E-state index is 12.5. The molecule has 37 heavy (non-hydrogen) atoms. The minimum Gasteiger partial charge on any atom is -0.481 e. The van der Waals surface area contributed by atoms with E-state index in [4.69, 9.17) is 40.5 Å². The van der Waals surface area contributed by atoms with E-state index in [2.05, 4.69) is 4.98 Å². The number of halogens is 1. The van der Waals surface area contributed by atoms with Gasteiger partial charge in [-0.05, 0) is 30.2 Å². The molecule has 0 bridgehead atoms. The zero-order valence-corrected chi connectivity index (χ0v) is 20.3. The molecule has 3 aliphatic heterocycles. The predicted octanol–water partition coefficient (Wildman–Crippen LogP) is 2.86. The number of carbonyl (C=O) groups is 2. The Labute approximate surface area is 215 Å². The van der Waals surface area contributed by atoms with Crippen LogP contribution < -0.4 is 0 Å². The van der Waals surface area contributed by atoms with Gasteiger partial charge in [-0.25, -0.2) is 0 Å². The van der Waals surface area contributed by atoms with Gasteiger partial charge < -0.3 is 28.9 Å². The number of hydrogen-bond donors (Lipinski definition) is 1. The molecular weight excluding hydrogens is 512 g/mol. The van der Waals surface area contributed by atoms with Gasteiger partial charge in [-0.1, -0.05) is 23.7 Å². The van der Waals surface area contributed by atoms with Crippen LogP contribution in [0.3, 0.4) is 0 Å². The first-order valence-corrected chi connectivity index (χ1v) is 12.0. The summed E-state index contributed by atoms with van der Waals surface area (Å²) in [4.78, 5) is 43.7. The monoisotopic (exact) mass is 534 g/mol. The second-order valence-electron chi connectivity index (χ2n) is 8.97. The summed E-state index contributed by atoms with van der Waals surface area (Å²) in [5.41, 5.74) is 3.71. The smallest absolute Gasteiger partial charge is 0.306 e. The van der Waals surface area contributed by atoms with Crippen molar-refractivity contribution in [2.45, 2.75) is 63.0 Å². The molecule has 3 aliphatic rings. The molecular formula is C24H23ClN2O10. The van der Waals surface area contributed by atoms with Crippen LogP contribution in [-0.4, -0.2) is 58.1 Å². The number of carbonyl (C=O) groups excluding carboxylic acids is 1. The molecule has 2 saturated heterocycles. The second kappa shape index (κ2) is 10.2. The number of ether oxygens (including phenoxy) is 4. The number of aromatic nitrogens is 1. The molecule has 0 radical (unpaired) electrons. The number of hydrogen-bond acceptors (Lipinski definition) is 10. The molecule has 2 fully saturated rings. The third-order valence-electron chi connectivity index (χ3n) is 6.70. The summed E-state index contributed by atoms with van der Waals surface area (Å²) in [6, 6.07) is 7.25. The molecule has 1 aromatic heterocycles. The summed E-state index contributed by atoms with van der Waals surface area (Å²) in [5, 5.41) is 19.6. The number of rotatable bonds is 8. The molecule has 13 heteroatoms. The summed E-state index contributed by atoms with van der Waals surface area (Å²) < 4.78 is 23.7. The Hall–Kier alpha value is -3.32. The molecule has 0 spiro atoms. The van der Waals surface area contributed by atoms with Gasteiger partial charge in [-0.15, -0.1) is 10.1 Å². The number of carboxylic acids is 1. The van der Waals surface area contributed by atoms with Crippen LogP contribution in [-0.2, 0) is 40.0 Å². The highest BCUT2D eigenvalue weighted by atomic mass is 35.5. The molecule has 6 atom stereocenters. The molecule has 5 rings (SSSR count). The van der Waals surface area contributed by atoms with Crippen LogP contribution in [0.25, 0.3) is 0 Å². The lowest BCUT2D eigenvalue weighted by molar-refractivity contribution is -0.769. The molecule has 4 heterocycles. The molecule has 0 aliphatic carbocycles. The maximum Gasteiger partial charge on any atom is 0.306 e. The van der Waals surface area contributed by atoms with E-state index in [1.807, 2.05) is 12.1 Å². The van der Waals surface area contributed by atoms with Crippen molar-refractivity contribution >= 4 is 23.5 Å². The van der Waals surface area contributed by atoms with Gasteiger partial charge in [0.15, 0.2) is 12.2 Å². The van der Waals surface area contributed by atoms with E-state index in [-0.39, 0.29) is 19.6 Å². The molecule has 1 aromatic carbocycles. The topological polar surface area (TPSA) is 157 Å². The fourth-order valence-corrected chi connectivity index (χ4v) is 5.20. The maximum atomic E-state index is 12.5. The van der Waals surface area contributed by atoms with Crippen LogP contribution in [0.2, 0.25) is 5.02 Å². The number of aryl methyl sites for hydroxylation is 1. The van der Waals surface area contributed by atoms with Crippen LogP contribution >= 0.6 is 11.6 Å². The van der Waals surface area contributed by atoms with E-state index in [0.717, 1.165) is 16.7 Å². The molecule has 12 nitrogen and oxygen atoms in total. The fourth-order valence-electron chi connectivity index (χ4n) is 5.08. The first-order valence-electron chi connectivity index (χ1n) is 11.6. The standard InChI is InChI=1S/C24H23ClN2O10/c1-11-19(15-9-33-20(14(15)8-26-11)12-2-4-13(25)5-3-12)22-24(35-18(30)7-6-17(28)29)23-21(36-22)16(10-34-23)37-27(31)32/h2-5,8,16,20-24H,6-7,9-10H2,1H3,(H,28,29)/t16-,20?,21-,22+,23-,24+/m1/s1. The van der Waals surface area contributed by atoms with E-state index < -0.39 is 60.1 Å². The third kappa shape index (κ3) is 4.97. The summed E-state index contributed by atoms with van der Waals surface area (Å²) >= 11 is 6.03. The number of fused-ring (bicyclic) bond motifs is 2. The van der Waals surface area contributed by atoms with Crippen LogP contribution in [0.5, 0.6) is 0 Å². The average molecular weight is 535 g/mol. The highest BCUT2D eigenvalue weighted by Gasteiger charge is 2.57. The Bertz CT molecular complexity index is 1220. The zero-order valence-electron chi connectivity index (χ0n) is 19.6. The first-order chi connectivity index (χ1) is 17.7. The number of carboxylic acid groups (broad SMARTS) is 1. The van der Waals surface area contributed by atoms with Crippen molar-refractivity contribution < 1.29 is 43.6 Å². The summed E-state index contributed by atoms with van der Waals surface area (Å²) in [7, 11) is 0. The van der Waals surface area contributed by atoms with Gasteiger partial charge in [0.2, 0.25) is 0 Å². The normalized spacial score (nSPS) is 27.9. The van der Waals surface area contributed by atoms with Gasteiger partial charge >= 0.3 is 11.9 Å². The Morgan fingerprint density at radius 1 is 1.22 bits per heavy atom. The third-order valence-corrected chi connectivity index (χ3v) is 6.95. The SMILES string of the molecule is Cc1ncc2c(c1[C@@H]1O[C@H]3[C@@H](OC[C@H]3O[N+](=O)[O-])[C@H]1OC(=O)CCC(=O)O)COC2c1ccc(Cl)cc1. The molecule has 0 saturated carbocycles. The van der Waals surface area contributed by atoms with Crippen molar-refractivity contribution in [2.75, 3.05) is 6.61 Å². The van der Waals surface area contributed by atoms with Gasteiger partial charge in [0.05, 0.1) is 26.1 Å². The van der Waals surface area contributed by atoms with E-state index >= 15 is 0 Å². The minimum absolute atomic E-state index is 0.127. The van der Waals surface area contributed by atoms with Crippen molar-refractivity contribution in [1.82, 2.24) is 4.98 Å². The zero-order chi connectivity index (χ0) is 26.3. The molecule has 1 unspecified atom stereocenters. The van der Waals surface area contributed by atoms with Crippen LogP contribution in [0.1, 0.15) is 53.0 Å². The van der Waals surface area contributed by atoms with E-state index in [1.165, 1.54) is 0 Å². The fraction of sp³-hybridized carbons (Fsp3) is 0.458. The van der Waals surface area contributed by atoms with Crippen LogP contribution in [0.15, 0.2) is 30.5 Å². The number of benzene rings is 1. The first kappa shape index (κ1) is 25.3. The lowest BCUT2D eigenvalue weighted by Gasteiger charge is -2.25. The van der Waals surface area contributed by atoms with Crippen molar-refractivity contribution in [3.63, 3.8) is 0 Å². The second-order valence-corrected chi connectivity index (χ2v) is 9.41. The molecule has 196 valence electrons. The van der Waals surface area contributed by atoms with Gasteiger partial charge in [0, 0.05) is 28.0 Å². The van der Waals surface area contributed by atoms with E-state index in [9.17, 15) is 19.7 Å². The van der Waals surface area contributed by atoms with E-state index in [1.54, 1.807) is 25.3 Å². The average Bonchev–Trinajstić information content (AvgIpc) is 3.53. The van der Waals surface area contributed by atoms with Gasteiger partial charge in [-0.3, -0.25) is 14.6 Å². The highest BCUT2D eigenvalue weighted by Crippen LogP contribution is 2.47. The quantitative estimate of drug-likeness (QED) is 0.301. The van der Waals surface area contributed by atoms with Gasteiger partial charge in [0.1, 0.15) is 24.4 Å².